The fourth-order valence-electron chi connectivity index (χ4n) is 4.17. The third kappa shape index (κ3) is 5.18. The van der Waals surface area contributed by atoms with Crippen molar-refractivity contribution in [1.82, 2.24) is 15.3 Å². The summed E-state index contributed by atoms with van der Waals surface area (Å²) in [6.45, 7) is -0.182. The number of hydrogen-bond donors (Lipinski definition) is 2. The topological polar surface area (TPSA) is 70.2 Å². The summed E-state index contributed by atoms with van der Waals surface area (Å²) in [7, 11) is 3.88. The second kappa shape index (κ2) is 9.64. The molecular weight excluding hydrogens is 431 g/mol. The number of rotatable bonds is 6. The summed E-state index contributed by atoms with van der Waals surface area (Å²) in [6, 6.07) is 9.24. The van der Waals surface area contributed by atoms with E-state index in [1.165, 1.54) is 0 Å². The molecule has 3 aromatic rings. The van der Waals surface area contributed by atoms with Crippen LogP contribution in [0, 0.1) is 23.4 Å². The Morgan fingerprint density at radius 1 is 1.00 bits per heavy atom. The van der Waals surface area contributed by atoms with Crippen LogP contribution in [-0.2, 0) is 11.3 Å². The van der Waals surface area contributed by atoms with E-state index >= 15 is 0 Å². The monoisotopic (exact) mass is 457 g/mol. The normalized spacial score (nSPS) is 18.2. The molecule has 0 saturated heterocycles. The van der Waals surface area contributed by atoms with Crippen LogP contribution in [0.3, 0.4) is 0 Å². The zero-order valence-corrected chi connectivity index (χ0v) is 18.5. The molecule has 1 heterocycles. The number of carbonyl (C=O) groups is 1. The Morgan fingerprint density at radius 3 is 2.42 bits per heavy atom. The summed E-state index contributed by atoms with van der Waals surface area (Å²) >= 11 is 0. The van der Waals surface area contributed by atoms with Crippen molar-refractivity contribution in [2.45, 2.75) is 38.3 Å². The maximum atomic E-state index is 13.8. The van der Waals surface area contributed by atoms with Gasteiger partial charge in [0.2, 0.25) is 11.9 Å². The van der Waals surface area contributed by atoms with Gasteiger partial charge >= 0.3 is 0 Å². The molecule has 1 amide bonds. The fraction of sp³-hybridized carbons (Fsp3) is 0.375. The average Bonchev–Trinajstić information content (AvgIpc) is 2.80. The van der Waals surface area contributed by atoms with Crippen LogP contribution >= 0.6 is 0 Å². The summed E-state index contributed by atoms with van der Waals surface area (Å²) < 4.78 is 40.2. The minimum atomic E-state index is -1.25. The Bertz CT molecular complexity index is 1160. The summed E-state index contributed by atoms with van der Waals surface area (Å²) in [5.74, 6) is -2.31. The lowest BCUT2D eigenvalue weighted by molar-refractivity contribution is -0.126. The van der Waals surface area contributed by atoms with Gasteiger partial charge in [-0.2, -0.15) is 4.98 Å². The van der Waals surface area contributed by atoms with Crippen LogP contribution in [0.1, 0.15) is 31.2 Å². The number of nitrogens with one attached hydrogen (secondary N) is 2. The molecule has 0 aliphatic heterocycles. The summed E-state index contributed by atoms with van der Waals surface area (Å²) in [5, 5.41) is 7.02. The second-order valence-electron chi connectivity index (χ2n) is 8.55. The largest absolute Gasteiger partial charge is 0.362 e. The van der Waals surface area contributed by atoms with E-state index in [1.807, 2.05) is 43.3 Å². The molecule has 9 heteroatoms. The molecule has 1 aliphatic rings. The van der Waals surface area contributed by atoms with E-state index in [-0.39, 0.29) is 30.0 Å². The third-order valence-corrected chi connectivity index (χ3v) is 5.98. The lowest BCUT2D eigenvalue weighted by atomic mass is 9.85. The Labute approximate surface area is 190 Å². The summed E-state index contributed by atoms with van der Waals surface area (Å²) in [4.78, 5) is 23.8. The quantitative estimate of drug-likeness (QED) is 0.537. The van der Waals surface area contributed by atoms with Crippen LogP contribution in [-0.4, -0.2) is 36.0 Å². The SMILES string of the molecule is CN(C)c1nc(N[C@H]2CC[C@@H](C(=O)NCc3cc(F)c(F)cc3F)CC2)nc2ccccc12. The van der Waals surface area contributed by atoms with Crippen molar-refractivity contribution in [2.75, 3.05) is 24.3 Å². The highest BCUT2D eigenvalue weighted by Crippen LogP contribution is 2.28. The van der Waals surface area contributed by atoms with Gasteiger partial charge in [0.1, 0.15) is 11.6 Å². The van der Waals surface area contributed by atoms with Gasteiger partial charge in [0.05, 0.1) is 5.52 Å². The molecule has 0 atom stereocenters. The van der Waals surface area contributed by atoms with E-state index in [2.05, 4.69) is 20.6 Å². The lowest BCUT2D eigenvalue weighted by Crippen LogP contribution is -2.36. The molecule has 4 rings (SSSR count). The van der Waals surface area contributed by atoms with E-state index in [1.54, 1.807) is 0 Å². The average molecular weight is 458 g/mol. The Morgan fingerprint density at radius 2 is 1.70 bits per heavy atom. The van der Waals surface area contributed by atoms with E-state index < -0.39 is 17.5 Å². The number of anilines is 2. The van der Waals surface area contributed by atoms with Crippen molar-refractivity contribution in [1.29, 1.82) is 0 Å². The van der Waals surface area contributed by atoms with Crippen LogP contribution in [0.5, 0.6) is 0 Å². The first kappa shape index (κ1) is 22.8. The van der Waals surface area contributed by atoms with Crippen molar-refractivity contribution in [2.24, 2.45) is 5.92 Å². The first-order chi connectivity index (χ1) is 15.8. The molecule has 2 N–H and O–H groups in total. The van der Waals surface area contributed by atoms with Crippen LogP contribution in [0.15, 0.2) is 36.4 Å². The molecule has 174 valence electrons. The van der Waals surface area contributed by atoms with Crippen LogP contribution in [0.2, 0.25) is 0 Å². The lowest BCUT2D eigenvalue weighted by Gasteiger charge is -2.28. The van der Waals surface area contributed by atoms with Crippen molar-refractivity contribution in [3.05, 3.63) is 59.4 Å². The number of carbonyl (C=O) groups excluding carboxylic acids is 1. The zero-order valence-electron chi connectivity index (χ0n) is 18.5. The van der Waals surface area contributed by atoms with Gasteiger partial charge in [-0.25, -0.2) is 18.2 Å². The van der Waals surface area contributed by atoms with E-state index in [0.717, 1.165) is 35.6 Å². The van der Waals surface area contributed by atoms with E-state index in [0.29, 0.717) is 24.9 Å². The van der Waals surface area contributed by atoms with Crippen LogP contribution in [0.4, 0.5) is 24.9 Å². The Kier molecular flexibility index (Phi) is 6.67. The van der Waals surface area contributed by atoms with Crippen LogP contribution in [0.25, 0.3) is 10.9 Å². The maximum absolute atomic E-state index is 13.8. The molecule has 0 bridgehead atoms. The number of hydrogen-bond acceptors (Lipinski definition) is 5. The Balaban J connectivity index is 1.34. The van der Waals surface area contributed by atoms with E-state index in [9.17, 15) is 18.0 Å². The van der Waals surface area contributed by atoms with Gasteiger partial charge in [-0.1, -0.05) is 12.1 Å². The number of benzene rings is 2. The van der Waals surface area contributed by atoms with Crippen molar-refractivity contribution < 1.29 is 18.0 Å². The third-order valence-electron chi connectivity index (χ3n) is 5.98. The summed E-state index contributed by atoms with van der Waals surface area (Å²) in [6.07, 6.45) is 2.81. The van der Waals surface area contributed by atoms with Crippen molar-refractivity contribution in [3.8, 4) is 0 Å². The first-order valence-corrected chi connectivity index (χ1v) is 10.9. The molecule has 0 radical (unpaired) electrons. The molecule has 1 fully saturated rings. The number of fused-ring (bicyclic) bond motifs is 1. The highest BCUT2D eigenvalue weighted by atomic mass is 19.2. The molecule has 33 heavy (non-hydrogen) atoms. The number of nitrogens with zero attached hydrogens (tertiary/aromatic N) is 3. The van der Waals surface area contributed by atoms with Crippen molar-refractivity contribution in [3.63, 3.8) is 0 Å². The standard InChI is InChI=1S/C24H26F3N5O/c1-32(2)22-17-5-3-4-6-21(17)30-24(31-22)29-16-9-7-14(8-10-16)23(33)28-13-15-11-19(26)20(27)12-18(15)25/h3-6,11-12,14,16H,7-10,13H2,1-2H3,(H,28,33)(H,29,30,31)/t14-,16+. The van der Waals surface area contributed by atoms with Gasteiger partial charge in [-0.05, 0) is 43.9 Å². The molecule has 2 aromatic carbocycles. The molecule has 0 spiro atoms. The predicted molar refractivity (Wildman–Crippen MR) is 121 cm³/mol. The molecule has 6 nitrogen and oxygen atoms in total. The summed E-state index contributed by atoms with van der Waals surface area (Å²) in [5.41, 5.74) is 0.777. The smallest absolute Gasteiger partial charge is 0.225 e. The molecule has 1 aliphatic carbocycles. The van der Waals surface area contributed by atoms with Gasteiger partial charge in [0.15, 0.2) is 11.6 Å². The minimum Gasteiger partial charge on any atom is -0.362 e. The molecule has 1 saturated carbocycles. The number of para-hydroxylation sites is 1. The van der Waals surface area contributed by atoms with Gasteiger partial charge in [0, 0.05) is 49.6 Å². The molecule has 0 unspecified atom stereocenters. The van der Waals surface area contributed by atoms with Crippen molar-refractivity contribution >= 4 is 28.6 Å². The Hall–Kier alpha value is -3.36. The molecule has 1 aromatic heterocycles. The second-order valence-corrected chi connectivity index (χ2v) is 8.55. The number of aromatic nitrogens is 2. The predicted octanol–water partition coefficient (Wildman–Crippen LogP) is 4.40. The van der Waals surface area contributed by atoms with Gasteiger partial charge in [0.25, 0.3) is 0 Å². The maximum Gasteiger partial charge on any atom is 0.225 e. The van der Waals surface area contributed by atoms with Gasteiger partial charge < -0.3 is 15.5 Å². The zero-order chi connectivity index (χ0) is 23.5. The highest BCUT2D eigenvalue weighted by Gasteiger charge is 2.27. The fourth-order valence-corrected chi connectivity index (χ4v) is 4.17. The number of halogens is 3. The number of amides is 1. The highest BCUT2D eigenvalue weighted by molar-refractivity contribution is 5.90. The van der Waals surface area contributed by atoms with Gasteiger partial charge in [-0.3, -0.25) is 4.79 Å². The van der Waals surface area contributed by atoms with Gasteiger partial charge in [-0.15, -0.1) is 0 Å². The van der Waals surface area contributed by atoms with Crippen LogP contribution < -0.4 is 15.5 Å². The first-order valence-electron chi connectivity index (χ1n) is 10.9. The van der Waals surface area contributed by atoms with E-state index in [4.69, 9.17) is 0 Å². The molecular formula is C24H26F3N5O. The minimum absolute atomic E-state index is 0.0808.